The molecule has 0 saturated heterocycles. The van der Waals surface area contributed by atoms with Crippen molar-refractivity contribution in [3.63, 3.8) is 0 Å². The van der Waals surface area contributed by atoms with E-state index in [1.165, 1.54) is 24.2 Å². The number of hydrogen-bond acceptors (Lipinski definition) is 2. The summed E-state index contributed by atoms with van der Waals surface area (Å²) in [5, 5.41) is 3.54. The molecule has 0 aromatic carbocycles. The normalized spacial score (nSPS) is 20.9. The van der Waals surface area contributed by atoms with Gasteiger partial charge in [-0.25, -0.2) is 4.98 Å². The molecule has 0 spiro atoms. The van der Waals surface area contributed by atoms with Crippen LogP contribution in [-0.2, 0) is 13.0 Å². The van der Waals surface area contributed by atoms with Gasteiger partial charge in [-0.05, 0) is 13.3 Å². The first-order valence-electron chi connectivity index (χ1n) is 5.64. The fraction of sp³-hybridized carbons (Fsp3) is 0.727. The summed E-state index contributed by atoms with van der Waals surface area (Å²) in [5.41, 5.74) is 2.74. The number of nitrogens with zero attached hydrogens (tertiary/aromatic N) is 2. The molecule has 1 aliphatic rings. The second kappa shape index (κ2) is 4.13. The number of rotatable bonds is 3. The van der Waals surface area contributed by atoms with E-state index >= 15 is 0 Å². The zero-order valence-corrected chi connectivity index (χ0v) is 9.08. The van der Waals surface area contributed by atoms with Gasteiger partial charge < -0.3 is 9.88 Å². The first kappa shape index (κ1) is 9.71. The van der Waals surface area contributed by atoms with Gasteiger partial charge in [-0.2, -0.15) is 0 Å². The lowest BCUT2D eigenvalue weighted by molar-refractivity contribution is 0.453. The second-order valence-electron chi connectivity index (χ2n) is 3.91. The number of aryl methyl sites for hydroxylation is 1. The minimum atomic E-state index is 0.497. The Labute approximate surface area is 85.5 Å². The standard InChI is InChI=1S/C11H19N3/c1-3-5-9-11-10(6-7-12-9)14(4-2)8-13-11/h8-9,12H,3-7H2,1-2H3. The van der Waals surface area contributed by atoms with Crippen LogP contribution in [-0.4, -0.2) is 16.1 Å². The van der Waals surface area contributed by atoms with Crippen LogP contribution in [0.3, 0.4) is 0 Å². The first-order valence-corrected chi connectivity index (χ1v) is 5.64. The highest BCUT2D eigenvalue weighted by Crippen LogP contribution is 2.24. The Morgan fingerprint density at radius 3 is 3.14 bits per heavy atom. The Kier molecular flexibility index (Phi) is 2.87. The lowest BCUT2D eigenvalue weighted by Crippen LogP contribution is -2.30. The topological polar surface area (TPSA) is 29.9 Å². The predicted molar refractivity (Wildman–Crippen MR) is 57.3 cm³/mol. The Balaban J connectivity index is 2.26. The van der Waals surface area contributed by atoms with Gasteiger partial charge in [-0.3, -0.25) is 0 Å². The SMILES string of the molecule is CCCC1NCCc2c1ncn2CC. The molecule has 14 heavy (non-hydrogen) atoms. The summed E-state index contributed by atoms with van der Waals surface area (Å²) < 4.78 is 2.28. The largest absolute Gasteiger partial charge is 0.334 e. The van der Waals surface area contributed by atoms with Crippen LogP contribution >= 0.6 is 0 Å². The molecule has 3 nitrogen and oxygen atoms in total. The number of aromatic nitrogens is 2. The van der Waals surface area contributed by atoms with E-state index in [9.17, 15) is 0 Å². The van der Waals surface area contributed by atoms with Crippen molar-refractivity contribution in [1.82, 2.24) is 14.9 Å². The lowest BCUT2D eigenvalue weighted by Gasteiger charge is -2.23. The summed E-state index contributed by atoms with van der Waals surface area (Å²) in [6.45, 7) is 6.55. The molecule has 78 valence electrons. The Hall–Kier alpha value is -0.830. The molecule has 1 unspecified atom stereocenters. The van der Waals surface area contributed by atoms with E-state index in [0.29, 0.717) is 6.04 Å². The summed E-state index contributed by atoms with van der Waals surface area (Å²) >= 11 is 0. The third kappa shape index (κ3) is 1.57. The van der Waals surface area contributed by atoms with E-state index in [4.69, 9.17) is 0 Å². The molecule has 0 radical (unpaired) electrons. The smallest absolute Gasteiger partial charge is 0.0952 e. The molecule has 1 aromatic heterocycles. The molecule has 0 bridgehead atoms. The van der Waals surface area contributed by atoms with Crippen molar-refractivity contribution in [3.05, 3.63) is 17.7 Å². The molecule has 2 heterocycles. The number of imidazole rings is 1. The molecule has 0 fully saturated rings. The van der Waals surface area contributed by atoms with Crippen LogP contribution in [0.4, 0.5) is 0 Å². The van der Waals surface area contributed by atoms with Gasteiger partial charge in [0.05, 0.1) is 18.1 Å². The molecule has 2 rings (SSSR count). The van der Waals surface area contributed by atoms with E-state index in [-0.39, 0.29) is 0 Å². The molecule has 1 atom stereocenters. The van der Waals surface area contributed by atoms with Gasteiger partial charge in [-0.1, -0.05) is 13.3 Å². The van der Waals surface area contributed by atoms with Gasteiger partial charge in [-0.15, -0.1) is 0 Å². The van der Waals surface area contributed by atoms with Crippen molar-refractivity contribution in [2.24, 2.45) is 0 Å². The van der Waals surface area contributed by atoms with Crippen molar-refractivity contribution in [3.8, 4) is 0 Å². The molecule has 1 N–H and O–H groups in total. The first-order chi connectivity index (χ1) is 6.86. The molecule has 3 heteroatoms. The van der Waals surface area contributed by atoms with E-state index < -0.39 is 0 Å². The minimum Gasteiger partial charge on any atom is -0.334 e. The third-order valence-electron chi connectivity index (χ3n) is 2.98. The fourth-order valence-electron chi connectivity index (χ4n) is 2.25. The zero-order valence-electron chi connectivity index (χ0n) is 9.08. The number of fused-ring (bicyclic) bond motifs is 1. The van der Waals surface area contributed by atoms with Crippen molar-refractivity contribution < 1.29 is 0 Å². The van der Waals surface area contributed by atoms with E-state index in [1.54, 1.807) is 0 Å². The molecule has 0 aliphatic carbocycles. The van der Waals surface area contributed by atoms with Gasteiger partial charge in [0.1, 0.15) is 0 Å². The zero-order chi connectivity index (χ0) is 9.97. The van der Waals surface area contributed by atoms with Crippen LogP contribution in [0, 0.1) is 0 Å². The van der Waals surface area contributed by atoms with Gasteiger partial charge in [0.15, 0.2) is 0 Å². The highest BCUT2D eigenvalue weighted by molar-refractivity contribution is 5.20. The summed E-state index contributed by atoms with van der Waals surface area (Å²) in [6, 6.07) is 0.497. The van der Waals surface area contributed by atoms with E-state index in [0.717, 1.165) is 19.5 Å². The minimum absolute atomic E-state index is 0.497. The quantitative estimate of drug-likeness (QED) is 0.794. The summed E-state index contributed by atoms with van der Waals surface area (Å²) in [4.78, 5) is 4.53. The van der Waals surface area contributed by atoms with Gasteiger partial charge in [0, 0.05) is 25.2 Å². The molecular weight excluding hydrogens is 174 g/mol. The van der Waals surface area contributed by atoms with Crippen LogP contribution in [0.5, 0.6) is 0 Å². The predicted octanol–water partition coefficient (Wildman–Crippen LogP) is 1.89. The highest BCUT2D eigenvalue weighted by atomic mass is 15.1. The highest BCUT2D eigenvalue weighted by Gasteiger charge is 2.22. The van der Waals surface area contributed by atoms with E-state index in [1.807, 2.05) is 6.33 Å². The average Bonchev–Trinajstić information content (AvgIpc) is 2.62. The molecular formula is C11H19N3. The maximum absolute atomic E-state index is 4.53. The van der Waals surface area contributed by atoms with E-state index in [2.05, 4.69) is 28.7 Å². The Morgan fingerprint density at radius 1 is 1.57 bits per heavy atom. The van der Waals surface area contributed by atoms with Gasteiger partial charge >= 0.3 is 0 Å². The summed E-state index contributed by atoms with van der Waals surface area (Å²) in [6.07, 6.45) is 5.54. The maximum Gasteiger partial charge on any atom is 0.0952 e. The van der Waals surface area contributed by atoms with Crippen molar-refractivity contribution >= 4 is 0 Å². The molecule has 0 saturated carbocycles. The van der Waals surface area contributed by atoms with Crippen LogP contribution in [0.25, 0.3) is 0 Å². The fourth-order valence-corrected chi connectivity index (χ4v) is 2.25. The Morgan fingerprint density at radius 2 is 2.43 bits per heavy atom. The Bertz CT molecular complexity index is 303. The second-order valence-corrected chi connectivity index (χ2v) is 3.91. The van der Waals surface area contributed by atoms with Crippen LogP contribution < -0.4 is 5.32 Å². The van der Waals surface area contributed by atoms with Crippen LogP contribution in [0.1, 0.15) is 44.1 Å². The van der Waals surface area contributed by atoms with Gasteiger partial charge in [0.2, 0.25) is 0 Å². The van der Waals surface area contributed by atoms with Gasteiger partial charge in [0.25, 0.3) is 0 Å². The van der Waals surface area contributed by atoms with Crippen molar-refractivity contribution in [2.45, 2.75) is 45.7 Å². The van der Waals surface area contributed by atoms with Crippen LogP contribution in [0.15, 0.2) is 6.33 Å². The summed E-state index contributed by atoms with van der Waals surface area (Å²) in [5.74, 6) is 0. The average molecular weight is 193 g/mol. The maximum atomic E-state index is 4.53. The monoisotopic (exact) mass is 193 g/mol. The lowest BCUT2D eigenvalue weighted by atomic mass is 10.0. The molecule has 0 amide bonds. The number of hydrogen-bond donors (Lipinski definition) is 1. The van der Waals surface area contributed by atoms with Crippen molar-refractivity contribution in [1.29, 1.82) is 0 Å². The molecule has 1 aliphatic heterocycles. The van der Waals surface area contributed by atoms with Crippen molar-refractivity contribution in [2.75, 3.05) is 6.54 Å². The van der Waals surface area contributed by atoms with Crippen LogP contribution in [0.2, 0.25) is 0 Å². The number of nitrogens with one attached hydrogen (secondary N) is 1. The third-order valence-corrected chi connectivity index (χ3v) is 2.98. The molecule has 1 aromatic rings. The summed E-state index contributed by atoms with van der Waals surface area (Å²) in [7, 11) is 0.